The molecule has 1 aliphatic heterocycles. The summed E-state index contributed by atoms with van der Waals surface area (Å²) in [6.07, 6.45) is 2.53. The lowest BCUT2D eigenvalue weighted by atomic mass is 10.1. The molecule has 1 heterocycles. The molecule has 0 saturated carbocycles. The Hall–Kier alpha value is -0.200. The van der Waals surface area contributed by atoms with Gasteiger partial charge in [-0.15, -0.1) is 0 Å². The highest BCUT2D eigenvalue weighted by atomic mass is 16.5. The maximum absolute atomic E-state index is 5.64. The molecule has 0 bridgehead atoms. The van der Waals surface area contributed by atoms with Gasteiger partial charge < -0.3 is 25.0 Å². The van der Waals surface area contributed by atoms with Crippen LogP contribution in [0, 0.1) is 0 Å². The van der Waals surface area contributed by atoms with Gasteiger partial charge in [0.2, 0.25) is 0 Å². The van der Waals surface area contributed by atoms with Gasteiger partial charge in [-0.3, -0.25) is 0 Å². The summed E-state index contributed by atoms with van der Waals surface area (Å²) in [4.78, 5) is 2.50. The maximum Gasteiger partial charge on any atom is 0.0701 e. The first-order valence-corrected chi connectivity index (χ1v) is 8.57. The van der Waals surface area contributed by atoms with Crippen LogP contribution in [0.5, 0.6) is 0 Å². The molecule has 0 amide bonds. The van der Waals surface area contributed by atoms with Crippen LogP contribution < -0.4 is 10.6 Å². The molecule has 2 N–H and O–H groups in total. The molecule has 5 heteroatoms. The number of hydrogen-bond donors (Lipinski definition) is 2. The third-order valence-electron chi connectivity index (χ3n) is 3.80. The minimum atomic E-state index is 0.529. The molecule has 0 aromatic heterocycles. The molecule has 0 aromatic rings. The van der Waals surface area contributed by atoms with Crippen LogP contribution in [0.3, 0.4) is 0 Å². The van der Waals surface area contributed by atoms with E-state index in [2.05, 4.69) is 36.3 Å². The summed E-state index contributed by atoms with van der Waals surface area (Å²) in [7, 11) is 0. The molecule has 5 nitrogen and oxygen atoms in total. The number of rotatable bonds is 12. The first-order valence-electron chi connectivity index (χ1n) is 8.57. The maximum atomic E-state index is 5.64. The zero-order valence-electron chi connectivity index (χ0n) is 14.2. The van der Waals surface area contributed by atoms with Crippen molar-refractivity contribution < 1.29 is 9.47 Å². The van der Waals surface area contributed by atoms with Crippen LogP contribution in [0.15, 0.2) is 0 Å². The number of piperidine rings is 1. The van der Waals surface area contributed by atoms with Crippen LogP contribution >= 0.6 is 0 Å². The number of ether oxygens (including phenoxy) is 2. The van der Waals surface area contributed by atoms with Crippen molar-refractivity contribution in [3.63, 3.8) is 0 Å². The fourth-order valence-electron chi connectivity index (χ4n) is 2.58. The molecule has 0 unspecified atom stereocenters. The summed E-state index contributed by atoms with van der Waals surface area (Å²) in [6.45, 7) is 14.9. The number of nitrogens with one attached hydrogen (secondary N) is 2. The van der Waals surface area contributed by atoms with Gasteiger partial charge in [0.25, 0.3) is 0 Å². The van der Waals surface area contributed by atoms with Gasteiger partial charge in [-0.2, -0.15) is 0 Å². The van der Waals surface area contributed by atoms with Crippen LogP contribution in [0.1, 0.15) is 33.6 Å². The summed E-state index contributed by atoms with van der Waals surface area (Å²) < 4.78 is 11.1. The van der Waals surface area contributed by atoms with Crippen molar-refractivity contribution >= 4 is 0 Å². The average molecular weight is 301 g/mol. The van der Waals surface area contributed by atoms with Gasteiger partial charge in [0.05, 0.1) is 26.4 Å². The van der Waals surface area contributed by atoms with Crippen molar-refractivity contribution in [2.75, 3.05) is 59.2 Å². The molecule has 0 atom stereocenters. The average Bonchev–Trinajstić information content (AvgIpc) is 2.47. The predicted molar refractivity (Wildman–Crippen MR) is 87.9 cm³/mol. The molecule has 1 aliphatic rings. The van der Waals surface area contributed by atoms with Crippen LogP contribution in [0.2, 0.25) is 0 Å². The van der Waals surface area contributed by atoms with E-state index >= 15 is 0 Å². The van der Waals surface area contributed by atoms with Gasteiger partial charge >= 0.3 is 0 Å². The lowest BCUT2D eigenvalue weighted by Gasteiger charge is -2.32. The number of likely N-dealkylation sites (tertiary alicyclic amines) is 1. The van der Waals surface area contributed by atoms with E-state index in [9.17, 15) is 0 Å². The fourth-order valence-corrected chi connectivity index (χ4v) is 2.58. The topological polar surface area (TPSA) is 45.8 Å². The van der Waals surface area contributed by atoms with Gasteiger partial charge in [-0.1, -0.05) is 20.8 Å². The molecule has 1 saturated heterocycles. The Morgan fingerprint density at radius 3 is 2.33 bits per heavy atom. The molecule has 0 aromatic carbocycles. The Kier molecular flexibility index (Phi) is 11.1. The monoisotopic (exact) mass is 301 g/mol. The van der Waals surface area contributed by atoms with E-state index in [4.69, 9.17) is 9.47 Å². The second-order valence-electron chi connectivity index (χ2n) is 6.01. The molecule has 0 spiro atoms. The molecule has 0 radical (unpaired) electrons. The quantitative estimate of drug-likeness (QED) is 0.529. The van der Waals surface area contributed by atoms with Gasteiger partial charge in [-0.05, 0) is 32.5 Å². The van der Waals surface area contributed by atoms with Crippen LogP contribution in [0.25, 0.3) is 0 Å². The van der Waals surface area contributed by atoms with Gasteiger partial charge in [0, 0.05) is 25.2 Å². The Balaban J connectivity index is 1.82. The zero-order valence-corrected chi connectivity index (χ0v) is 14.2. The first-order chi connectivity index (χ1) is 10.2. The molecule has 1 fully saturated rings. The van der Waals surface area contributed by atoms with Crippen LogP contribution in [-0.2, 0) is 9.47 Å². The summed E-state index contributed by atoms with van der Waals surface area (Å²) in [5.41, 5.74) is 0. The fraction of sp³-hybridized carbons (Fsp3) is 1.00. The van der Waals surface area contributed by atoms with Gasteiger partial charge in [-0.25, -0.2) is 0 Å². The molecule has 126 valence electrons. The summed E-state index contributed by atoms with van der Waals surface area (Å²) in [5, 5.41) is 6.86. The van der Waals surface area contributed by atoms with E-state index in [1.807, 2.05) is 0 Å². The zero-order chi connectivity index (χ0) is 15.3. The Bertz CT molecular complexity index is 232. The normalized spacial score (nSPS) is 17.7. The predicted octanol–water partition coefficient (Wildman–Crippen LogP) is 1.09. The Labute approximate surface area is 130 Å². The lowest BCUT2D eigenvalue weighted by Crippen LogP contribution is -2.43. The number of hydrogen-bond acceptors (Lipinski definition) is 5. The summed E-state index contributed by atoms with van der Waals surface area (Å²) in [6, 6.07) is 1.25. The summed E-state index contributed by atoms with van der Waals surface area (Å²) in [5.74, 6) is 0. The summed E-state index contributed by atoms with van der Waals surface area (Å²) >= 11 is 0. The third-order valence-corrected chi connectivity index (χ3v) is 3.80. The van der Waals surface area contributed by atoms with Crippen molar-refractivity contribution in [2.24, 2.45) is 0 Å². The van der Waals surface area contributed by atoms with Gasteiger partial charge in [0.1, 0.15) is 0 Å². The smallest absolute Gasteiger partial charge is 0.0701 e. The van der Waals surface area contributed by atoms with E-state index in [-0.39, 0.29) is 0 Å². The highest BCUT2D eigenvalue weighted by molar-refractivity contribution is 4.76. The second-order valence-corrected chi connectivity index (χ2v) is 6.01. The molecule has 0 aliphatic carbocycles. The van der Waals surface area contributed by atoms with Gasteiger partial charge in [0.15, 0.2) is 0 Å². The van der Waals surface area contributed by atoms with Crippen molar-refractivity contribution in [1.82, 2.24) is 15.5 Å². The third kappa shape index (κ3) is 10.2. The van der Waals surface area contributed by atoms with Crippen molar-refractivity contribution in [3.05, 3.63) is 0 Å². The van der Waals surface area contributed by atoms with E-state index in [0.29, 0.717) is 19.3 Å². The van der Waals surface area contributed by atoms with E-state index in [1.165, 1.54) is 25.9 Å². The molecule has 21 heavy (non-hydrogen) atoms. The highest BCUT2D eigenvalue weighted by Gasteiger charge is 2.17. The largest absolute Gasteiger partial charge is 0.378 e. The minimum absolute atomic E-state index is 0.529. The van der Waals surface area contributed by atoms with Crippen molar-refractivity contribution in [2.45, 2.75) is 45.7 Å². The van der Waals surface area contributed by atoms with Crippen molar-refractivity contribution in [1.29, 1.82) is 0 Å². The van der Waals surface area contributed by atoms with Crippen LogP contribution in [0.4, 0.5) is 0 Å². The first kappa shape index (κ1) is 18.8. The Morgan fingerprint density at radius 2 is 1.71 bits per heavy atom. The van der Waals surface area contributed by atoms with E-state index in [1.54, 1.807) is 0 Å². The van der Waals surface area contributed by atoms with E-state index in [0.717, 1.165) is 38.9 Å². The molecular formula is C16H35N3O2. The highest BCUT2D eigenvalue weighted by Crippen LogP contribution is 2.09. The standard InChI is InChI=1S/C16H35N3O2/c1-4-17-16-5-8-19(9-6-16)10-12-21-14-13-20-11-7-18-15(2)3/h15-18H,4-14H2,1-3H3. The molecular weight excluding hydrogens is 266 g/mol. The van der Waals surface area contributed by atoms with Crippen molar-refractivity contribution in [3.8, 4) is 0 Å². The van der Waals surface area contributed by atoms with E-state index < -0.39 is 0 Å². The number of nitrogens with zero attached hydrogens (tertiary/aromatic N) is 1. The minimum Gasteiger partial charge on any atom is -0.378 e. The van der Waals surface area contributed by atoms with Crippen LogP contribution in [-0.4, -0.2) is 76.1 Å². The second kappa shape index (κ2) is 12.4. The molecule has 1 rings (SSSR count). The Morgan fingerprint density at radius 1 is 1.05 bits per heavy atom. The lowest BCUT2D eigenvalue weighted by molar-refractivity contribution is 0.0362. The SMILES string of the molecule is CCNC1CCN(CCOCCOCCNC(C)C)CC1.